The first kappa shape index (κ1) is 20.6. The van der Waals surface area contributed by atoms with Gasteiger partial charge in [0.2, 0.25) is 17.2 Å². The first-order valence-corrected chi connectivity index (χ1v) is 9.91. The fourth-order valence-corrected chi connectivity index (χ4v) is 3.00. The van der Waals surface area contributed by atoms with Crippen molar-refractivity contribution in [1.82, 2.24) is 34.5 Å². The van der Waals surface area contributed by atoms with E-state index >= 15 is 0 Å². The van der Waals surface area contributed by atoms with E-state index in [4.69, 9.17) is 11.6 Å². The molecule has 0 aliphatic carbocycles. The molecule has 0 aliphatic heterocycles. The summed E-state index contributed by atoms with van der Waals surface area (Å²) in [5, 5.41) is 6.06. The highest BCUT2D eigenvalue weighted by molar-refractivity contribution is 6.28. The Hall–Kier alpha value is -3.66. The summed E-state index contributed by atoms with van der Waals surface area (Å²) in [6.07, 6.45) is 6.69. The number of benzene rings is 1. The van der Waals surface area contributed by atoms with Crippen molar-refractivity contribution in [3.63, 3.8) is 0 Å². The van der Waals surface area contributed by atoms with Gasteiger partial charge in [0.05, 0.1) is 24.8 Å². The number of rotatable bonds is 8. The molecule has 158 valence electrons. The lowest BCUT2D eigenvalue weighted by atomic mass is 10.1. The molecular formula is C20H19ClFN9. The summed E-state index contributed by atoms with van der Waals surface area (Å²) in [6.45, 7) is 2.59. The molecule has 0 radical (unpaired) electrons. The summed E-state index contributed by atoms with van der Waals surface area (Å²) in [4.78, 5) is 24.7. The van der Waals surface area contributed by atoms with Crippen molar-refractivity contribution in [3.05, 3.63) is 77.7 Å². The zero-order chi connectivity index (χ0) is 21.6. The van der Waals surface area contributed by atoms with Crippen molar-refractivity contribution >= 4 is 29.3 Å². The fourth-order valence-electron chi connectivity index (χ4n) is 2.84. The van der Waals surface area contributed by atoms with Gasteiger partial charge in [-0.1, -0.05) is 30.3 Å². The first-order chi connectivity index (χ1) is 15.0. The van der Waals surface area contributed by atoms with Crippen LogP contribution in [0.1, 0.15) is 24.4 Å². The van der Waals surface area contributed by atoms with Crippen LogP contribution in [0.2, 0.25) is 5.28 Å². The molecule has 0 spiro atoms. The number of aryl methyl sites for hydroxylation is 2. The van der Waals surface area contributed by atoms with Gasteiger partial charge in [0.15, 0.2) is 11.6 Å². The van der Waals surface area contributed by atoms with Crippen molar-refractivity contribution in [3.8, 4) is 0 Å². The number of hydrogen-bond acceptors (Lipinski definition) is 8. The maximum absolute atomic E-state index is 13.0. The van der Waals surface area contributed by atoms with E-state index in [9.17, 15) is 4.39 Å². The summed E-state index contributed by atoms with van der Waals surface area (Å²) in [6, 6.07) is 9.86. The second-order valence-electron chi connectivity index (χ2n) is 6.73. The number of nitrogens with one attached hydrogen (secondary N) is 2. The predicted octanol–water partition coefficient (Wildman–Crippen LogP) is 3.81. The third kappa shape index (κ3) is 5.70. The molecule has 2 N–H and O–H groups in total. The molecule has 0 aliphatic rings. The summed E-state index contributed by atoms with van der Waals surface area (Å²) in [5.74, 6) is 0.934. The lowest BCUT2D eigenvalue weighted by Gasteiger charge is -2.12. The van der Waals surface area contributed by atoms with Gasteiger partial charge in [0.25, 0.3) is 0 Å². The minimum Gasteiger partial charge on any atom is -0.344 e. The Labute approximate surface area is 182 Å². The molecule has 0 saturated heterocycles. The van der Waals surface area contributed by atoms with Crippen LogP contribution in [0.5, 0.6) is 0 Å². The van der Waals surface area contributed by atoms with E-state index < -0.39 is 5.82 Å². The second-order valence-corrected chi connectivity index (χ2v) is 7.07. The lowest BCUT2D eigenvalue weighted by Crippen LogP contribution is -2.14. The topological polar surface area (TPSA) is 106 Å². The molecule has 3 heterocycles. The Balaban J connectivity index is 1.40. The minimum atomic E-state index is -0.506. The van der Waals surface area contributed by atoms with Crippen molar-refractivity contribution < 1.29 is 4.39 Å². The molecule has 4 rings (SSSR count). The van der Waals surface area contributed by atoms with Gasteiger partial charge in [-0.2, -0.15) is 15.0 Å². The van der Waals surface area contributed by atoms with Crippen LogP contribution in [0.25, 0.3) is 0 Å². The van der Waals surface area contributed by atoms with Crippen LogP contribution in [0.3, 0.4) is 0 Å². The molecule has 0 bridgehead atoms. The van der Waals surface area contributed by atoms with Crippen LogP contribution in [0, 0.1) is 5.82 Å². The molecule has 0 fully saturated rings. The van der Waals surface area contributed by atoms with E-state index in [2.05, 4.69) is 52.7 Å². The molecule has 9 nitrogen and oxygen atoms in total. The van der Waals surface area contributed by atoms with Crippen molar-refractivity contribution in [2.24, 2.45) is 0 Å². The SMILES string of the molecule is C[C@H](Nc1nc(Cl)nc(Nc2cn(CCc3ccccc3)cn2)n1)c1ncc(F)cn1. The normalized spacial score (nSPS) is 11.8. The molecule has 31 heavy (non-hydrogen) atoms. The van der Waals surface area contributed by atoms with Crippen LogP contribution in [-0.2, 0) is 13.0 Å². The summed E-state index contributed by atoms with van der Waals surface area (Å²) >= 11 is 6.04. The molecule has 0 unspecified atom stereocenters. The fraction of sp³-hybridized carbons (Fsp3) is 0.200. The Bertz CT molecular complexity index is 1140. The van der Waals surface area contributed by atoms with Crippen LogP contribution >= 0.6 is 11.6 Å². The number of anilines is 3. The largest absolute Gasteiger partial charge is 0.344 e. The highest BCUT2D eigenvalue weighted by Gasteiger charge is 2.13. The second kappa shape index (κ2) is 9.43. The maximum atomic E-state index is 13.0. The number of imidazole rings is 1. The Morgan fingerprint density at radius 2 is 1.77 bits per heavy atom. The van der Waals surface area contributed by atoms with E-state index in [1.165, 1.54) is 5.56 Å². The molecular weight excluding hydrogens is 421 g/mol. The summed E-state index contributed by atoms with van der Waals surface area (Å²) in [7, 11) is 0. The molecule has 0 saturated carbocycles. The van der Waals surface area contributed by atoms with Gasteiger partial charge in [0, 0.05) is 12.7 Å². The van der Waals surface area contributed by atoms with Crippen LogP contribution in [0.15, 0.2) is 55.2 Å². The third-order valence-corrected chi connectivity index (χ3v) is 4.52. The minimum absolute atomic E-state index is 0.00994. The molecule has 1 atom stereocenters. The Morgan fingerprint density at radius 3 is 2.55 bits per heavy atom. The third-order valence-electron chi connectivity index (χ3n) is 4.36. The van der Waals surface area contributed by atoms with E-state index in [0.717, 1.165) is 25.4 Å². The standard InChI is InChI=1S/C20H19ClFN9/c1-13(17-23-9-15(22)10-24-17)26-19-28-18(21)29-20(30-19)27-16-11-31(12-25-16)8-7-14-5-3-2-4-6-14/h2-6,9-13H,7-8H2,1H3,(H2,26,27,28,29,30)/t13-/m0/s1. The van der Waals surface area contributed by atoms with Crippen LogP contribution < -0.4 is 10.6 Å². The zero-order valence-electron chi connectivity index (χ0n) is 16.6. The van der Waals surface area contributed by atoms with Gasteiger partial charge < -0.3 is 15.2 Å². The predicted molar refractivity (Wildman–Crippen MR) is 115 cm³/mol. The van der Waals surface area contributed by atoms with E-state index in [0.29, 0.717) is 11.6 Å². The monoisotopic (exact) mass is 439 g/mol. The van der Waals surface area contributed by atoms with Gasteiger partial charge in [-0.25, -0.2) is 19.3 Å². The zero-order valence-corrected chi connectivity index (χ0v) is 17.3. The Kier molecular flexibility index (Phi) is 6.27. The van der Waals surface area contributed by atoms with Crippen molar-refractivity contribution in [1.29, 1.82) is 0 Å². The highest BCUT2D eigenvalue weighted by atomic mass is 35.5. The Morgan fingerprint density at radius 1 is 1.03 bits per heavy atom. The van der Waals surface area contributed by atoms with Crippen molar-refractivity contribution in [2.45, 2.75) is 25.9 Å². The van der Waals surface area contributed by atoms with Crippen molar-refractivity contribution in [2.75, 3.05) is 10.6 Å². The van der Waals surface area contributed by atoms with Gasteiger partial charge in [-0.15, -0.1) is 0 Å². The van der Waals surface area contributed by atoms with Crippen LogP contribution in [0.4, 0.5) is 22.1 Å². The quantitative estimate of drug-likeness (QED) is 0.427. The summed E-state index contributed by atoms with van der Waals surface area (Å²) in [5.41, 5.74) is 1.25. The van der Waals surface area contributed by atoms with Gasteiger partial charge in [-0.05, 0) is 30.5 Å². The van der Waals surface area contributed by atoms with E-state index in [1.807, 2.05) is 29.0 Å². The van der Waals surface area contributed by atoms with E-state index in [1.54, 1.807) is 13.3 Å². The molecule has 0 amide bonds. The average Bonchev–Trinajstić information content (AvgIpc) is 3.20. The first-order valence-electron chi connectivity index (χ1n) is 9.53. The maximum Gasteiger partial charge on any atom is 0.234 e. The van der Waals surface area contributed by atoms with Gasteiger partial charge in [-0.3, -0.25) is 0 Å². The molecule has 4 aromatic rings. The molecule has 1 aromatic carbocycles. The lowest BCUT2D eigenvalue weighted by molar-refractivity contribution is 0.604. The van der Waals surface area contributed by atoms with E-state index in [-0.39, 0.29) is 23.2 Å². The summed E-state index contributed by atoms with van der Waals surface area (Å²) < 4.78 is 15.0. The smallest absolute Gasteiger partial charge is 0.234 e. The molecule has 3 aromatic heterocycles. The number of nitrogens with zero attached hydrogens (tertiary/aromatic N) is 7. The average molecular weight is 440 g/mol. The van der Waals surface area contributed by atoms with Crippen LogP contribution in [-0.4, -0.2) is 34.5 Å². The number of hydrogen-bond donors (Lipinski definition) is 2. The van der Waals surface area contributed by atoms with Gasteiger partial charge in [0.1, 0.15) is 5.82 Å². The number of halogens is 2. The highest BCUT2D eigenvalue weighted by Crippen LogP contribution is 2.18. The van der Waals surface area contributed by atoms with Gasteiger partial charge >= 0.3 is 0 Å². The number of aromatic nitrogens is 7. The molecule has 11 heteroatoms.